The van der Waals surface area contributed by atoms with E-state index in [9.17, 15) is 13.2 Å². The van der Waals surface area contributed by atoms with Gasteiger partial charge in [0.1, 0.15) is 0 Å². The summed E-state index contributed by atoms with van der Waals surface area (Å²) in [6.07, 6.45) is 0.717. The van der Waals surface area contributed by atoms with Gasteiger partial charge in [-0.15, -0.1) is 0 Å². The van der Waals surface area contributed by atoms with Crippen molar-refractivity contribution >= 4 is 15.9 Å². The van der Waals surface area contributed by atoms with Crippen molar-refractivity contribution in [2.24, 2.45) is 0 Å². The Balaban J connectivity index is 1.96. The van der Waals surface area contributed by atoms with Gasteiger partial charge in [-0.05, 0) is 62.9 Å². The molecule has 7 heteroatoms. The largest absolute Gasteiger partial charge is 0.356 e. The summed E-state index contributed by atoms with van der Waals surface area (Å²) in [5.74, 6) is -0.199. The Bertz CT molecular complexity index is 1030. The van der Waals surface area contributed by atoms with Crippen molar-refractivity contribution < 1.29 is 13.2 Å². The van der Waals surface area contributed by atoms with Gasteiger partial charge in [-0.2, -0.15) is 9.57 Å². The molecular formula is C23H29N3O3S. The number of sulfonamides is 1. The van der Waals surface area contributed by atoms with Crippen molar-refractivity contribution in [1.82, 2.24) is 9.62 Å². The Morgan fingerprint density at radius 3 is 2.23 bits per heavy atom. The first-order valence-electron chi connectivity index (χ1n) is 9.88. The quantitative estimate of drug-likeness (QED) is 0.700. The van der Waals surface area contributed by atoms with Gasteiger partial charge in [0.15, 0.2) is 0 Å². The number of nitrogens with one attached hydrogen (secondary N) is 1. The van der Waals surface area contributed by atoms with Crippen molar-refractivity contribution in [2.75, 3.05) is 13.6 Å². The number of nitrogens with zero attached hydrogens (tertiary/aromatic N) is 2. The molecule has 1 N–H and O–H groups in total. The molecule has 0 heterocycles. The van der Waals surface area contributed by atoms with E-state index < -0.39 is 16.1 Å². The second kappa shape index (κ2) is 9.88. The topological polar surface area (TPSA) is 90.3 Å². The van der Waals surface area contributed by atoms with Gasteiger partial charge in [-0.3, -0.25) is 4.79 Å². The molecule has 0 bridgehead atoms. The fourth-order valence-electron chi connectivity index (χ4n) is 3.52. The van der Waals surface area contributed by atoms with Gasteiger partial charge < -0.3 is 5.32 Å². The molecule has 1 amide bonds. The van der Waals surface area contributed by atoms with Crippen molar-refractivity contribution in [3.05, 3.63) is 64.2 Å². The van der Waals surface area contributed by atoms with E-state index in [1.807, 2.05) is 31.2 Å². The molecule has 6 nitrogen and oxygen atoms in total. The summed E-state index contributed by atoms with van der Waals surface area (Å²) in [6.45, 7) is 7.70. The summed E-state index contributed by atoms with van der Waals surface area (Å²) < 4.78 is 27.5. The highest BCUT2D eigenvalue weighted by Crippen LogP contribution is 2.26. The number of hydrogen-bond donors (Lipinski definition) is 1. The highest BCUT2D eigenvalue weighted by atomic mass is 32.2. The molecule has 30 heavy (non-hydrogen) atoms. The summed E-state index contributed by atoms with van der Waals surface area (Å²) in [5.41, 5.74) is 4.05. The number of aryl methyl sites for hydroxylation is 3. The van der Waals surface area contributed by atoms with Crippen LogP contribution in [-0.2, 0) is 21.2 Å². The van der Waals surface area contributed by atoms with Crippen LogP contribution in [0.4, 0.5) is 0 Å². The molecule has 0 saturated heterocycles. The van der Waals surface area contributed by atoms with Crippen LogP contribution in [0.2, 0.25) is 0 Å². The summed E-state index contributed by atoms with van der Waals surface area (Å²) in [6, 6.07) is 12.5. The second-order valence-corrected chi connectivity index (χ2v) is 9.65. The van der Waals surface area contributed by atoms with Crippen LogP contribution in [0.5, 0.6) is 0 Å². The molecule has 1 unspecified atom stereocenters. The summed E-state index contributed by atoms with van der Waals surface area (Å²) in [7, 11) is -2.19. The molecule has 2 aromatic carbocycles. The van der Waals surface area contributed by atoms with Crippen molar-refractivity contribution in [1.29, 1.82) is 5.26 Å². The minimum Gasteiger partial charge on any atom is -0.356 e. The lowest BCUT2D eigenvalue weighted by molar-refractivity contribution is -0.121. The SMILES string of the molecule is Cc1cc(C)c(S(=O)(=O)N(C)C(C)CC(=O)NCCc2ccc(C#N)cc2)c(C)c1. The zero-order chi connectivity index (χ0) is 22.5. The molecule has 0 aliphatic rings. The van der Waals surface area contributed by atoms with Crippen LogP contribution in [-0.4, -0.2) is 38.3 Å². The van der Waals surface area contributed by atoms with Gasteiger partial charge >= 0.3 is 0 Å². The summed E-state index contributed by atoms with van der Waals surface area (Å²) in [5, 5.41) is 11.7. The molecule has 0 spiro atoms. The lowest BCUT2D eigenvalue weighted by Gasteiger charge is -2.26. The number of amides is 1. The zero-order valence-corrected chi connectivity index (χ0v) is 19.0. The van der Waals surface area contributed by atoms with Gasteiger partial charge in [0.05, 0.1) is 16.5 Å². The third kappa shape index (κ3) is 5.68. The van der Waals surface area contributed by atoms with Crippen LogP contribution in [0.15, 0.2) is 41.3 Å². The normalized spacial score (nSPS) is 12.4. The molecule has 2 aromatic rings. The van der Waals surface area contributed by atoms with E-state index in [0.29, 0.717) is 34.6 Å². The fraction of sp³-hybridized carbons (Fsp3) is 0.391. The molecule has 0 aliphatic heterocycles. The van der Waals surface area contributed by atoms with E-state index >= 15 is 0 Å². The average Bonchev–Trinajstić information content (AvgIpc) is 2.66. The van der Waals surface area contributed by atoms with E-state index in [0.717, 1.165) is 11.1 Å². The lowest BCUT2D eigenvalue weighted by atomic mass is 10.1. The molecule has 1 atom stereocenters. The van der Waals surface area contributed by atoms with Crippen LogP contribution < -0.4 is 5.32 Å². The van der Waals surface area contributed by atoms with Gasteiger partial charge in [0, 0.05) is 26.1 Å². The van der Waals surface area contributed by atoms with Crippen LogP contribution in [0, 0.1) is 32.1 Å². The number of carbonyl (C=O) groups excluding carboxylic acids is 1. The minimum atomic E-state index is -3.71. The maximum Gasteiger partial charge on any atom is 0.243 e. The molecule has 0 fully saturated rings. The number of nitriles is 1. The van der Waals surface area contributed by atoms with Crippen molar-refractivity contribution in [3.8, 4) is 6.07 Å². The molecule has 0 radical (unpaired) electrons. The Morgan fingerprint density at radius 1 is 1.13 bits per heavy atom. The first kappa shape index (κ1) is 23.6. The Labute approximate surface area is 179 Å². The van der Waals surface area contributed by atoms with Crippen LogP contribution in [0.3, 0.4) is 0 Å². The predicted molar refractivity (Wildman–Crippen MR) is 118 cm³/mol. The molecule has 160 valence electrons. The Hall–Kier alpha value is -2.69. The highest BCUT2D eigenvalue weighted by Gasteiger charge is 2.29. The number of rotatable bonds is 8. The Morgan fingerprint density at radius 2 is 1.70 bits per heavy atom. The molecule has 0 aliphatic carbocycles. The van der Waals surface area contributed by atoms with E-state index in [2.05, 4.69) is 11.4 Å². The van der Waals surface area contributed by atoms with E-state index in [-0.39, 0.29) is 12.3 Å². The molecule has 0 saturated carbocycles. The number of benzene rings is 2. The monoisotopic (exact) mass is 427 g/mol. The molecular weight excluding hydrogens is 398 g/mol. The maximum absolute atomic E-state index is 13.1. The van der Waals surface area contributed by atoms with Crippen LogP contribution in [0.25, 0.3) is 0 Å². The fourth-order valence-corrected chi connectivity index (χ4v) is 5.28. The van der Waals surface area contributed by atoms with E-state index in [1.165, 1.54) is 11.4 Å². The minimum absolute atomic E-state index is 0.0764. The first-order valence-corrected chi connectivity index (χ1v) is 11.3. The van der Waals surface area contributed by atoms with Crippen LogP contribution in [0.1, 0.15) is 41.2 Å². The average molecular weight is 428 g/mol. The summed E-state index contributed by atoms with van der Waals surface area (Å²) in [4.78, 5) is 12.6. The Kier molecular flexibility index (Phi) is 7.77. The van der Waals surface area contributed by atoms with E-state index in [1.54, 1.807) is 32.9 Å². The predicted octanol–water partition coefficient (Wildman–Crippen LogP) is 3.24. The second-order valence-electron chi connectivity index (χ2n) is 7.71. The molecule has 0 aromatic heterocycles. The summed E-state index contributed by atoms with van der Waals surface area (Å²) >= 11 is 0. The number of hydrogen-bond acceptors (Lipinski definition) is 4. The number of carbonyl (C=O) groups is 1. The third-order valence-electron chi connectivity index (χ3n) is 5.16. The smallest absolute Gasteiger partial charge is 0.243 e. The third-order valence-corrected chi connectivity index (χ3v) is 7.44. The van der Waals surface area contributed by atoms with E-state index in [4.69, 9.17) is 5.26 Å². The van der Waals surface area contributed by atoms with Crippen molar-refractivity contribution in [2.45, 2.75) is 51.5 Å². The van der Waals surface area contributed by atoms with Crippen LogP contribution >= 0.6 is 0 Å². The maximum atomic E-state index is 13.1. The first-order chi connectivity index (χ1) is 14.1. The van der Waals surface area contributed by atoms with Gasteiger partial charge in [-0.1, -0.05) is 29.8 Å². The zero-order valence-electron chi connectivity index (χ0n) is 18.2. The van der Waals surface area contributed by atoms with Crippen molar-refractivity contribution in [3.63, 3.8) is 0 Å². The lowest BCUT2D eigenvalue weighted by Crippen LogP contribution is -2.39. The highest BCUT2D eigenvalue weighted by molar-refractivity contribution is 7.89. The standard InChI is InChI=1S/C23H29N3O3S/c1-16-12-17(2)23(18(3)13-16)30(28,29)26(5)19(4)14-22(27)25-11-10-20-6-8-21(15-24)9-7-20/h6-9,12-13,19H,10-11,14H2,1-5H3,(H,25,27). The van der Waals surface area contributed by atoms with Gasteiger partial charge in [0.2, 0.25) is 15.9 Å². The van der Waals surface area contributed by atoms with Gasteiger partial charge in [0.25, 0.3) is 0 Å². The molecule has 2 rings (SSSR count). The van der Waals surface area contributed by atoms with Gasteiger partial charge in [-0.25, -0.2) is 8.42 Å².